The highest BCUT2D eigenvalue weighted by atomic mass is 19.4. The summed E-state index contributed by atoms with van der Waals surface area (Å²) in [6, 6.07) is 7.19. The lowest BCUT2D eigenvalue weighted by Crippen LogP contribution is -2.48. The molecule has 0 aliphatic carbocycles. The van der Waals surface area contributed by atoms with E-state index in [-0.39, 0.29) is 11.5 Å². The zero-order valence-electron chi connectivity index (χ0n) is 13.2. The number of rotatable bonds is 3. The van der Waals surface area contributed by atoms with Gasteiger partial charge in [0.15, 0.2) is 5.69 Å². The Hall–Kier alpha value is -2.42. The molecule has 1 aliphatic heterocycles. The van der Waals surface area contributed by atoms with Crippen LogP contribution in [0.3, 0.4) is 0 Å². The first-order chi connectivity index (χ1) is 11.8. The first-order valence-electron chi connectivity index (χ1n) is 7.72. The van der Waals surface area contributed by atoms with Gasteiger partial charge in [0.1, 0.15) is 11.5 Å². The molecule has 1 fully saturated rings. The number of halogens is 4. The second kappa shape index (κ2) is 6.83. The lowest BCUT2D eigenvalue weighted by Gasteiger charge is -2.34. The molecule has 25 heavy (non-hydrogen) atoms. The smallest absolute Gasteiger partial charge is 0.335 e. The van der Waals surface area contributed by atoms with Crippen LogP contribution in [0, 0.1) is 5.82 Å². The predicted molar refractivity (Wildman–Crippen MR) is 81.2 cm³/mol. The molecule has 2 aromatic rings. The molecular formula is C16H16F4N4O. The number of alkyl halides is 3. The molecule has 0 saturated carbocycles. The van der Waals surface area contributed by atoms with Crippen LogP contribution in [0.15, 0.2) is 30.3 Å². The van der Waals surface area contributed by atoms with E-state index in [9.17, 15) is 22.4 Å². The Labute approximate surface area is 141 Å². The van der Waals surface area contributed by atoms with E-state index in [4.69, 9.17) is 0 Å². The molecule has 0 spiro atoms. The fourth-order valence-electron chi connectivity index (χ4n) is 2.72. The van der Waals surface area contributed by atoms with Gasteiger partial charge in [-0.2, -0.15) is 18.3 Å². The average Bonchev–Trinajstić information content (AvgIpc) is 3.07. The molecule has 1 N–H and O–H groups in total. The van der Waals surface area contributed by atoms with E-state index in [0.29, 0.717) is 44.4 Å². The molecule has 1 aromatic carbocycles. The van der Waals surface area contributed by atoms with Crippen LogP contribution in [-0.2, 0) is 12.7 Å². The third-order valence-corrected chi connectivity index (χ3v) is 4.11. The molecule has 0 unspecified atom stereocenters. The Morgan fingerprint density at radius 3 is 2.44 bits per heavy atom. The average molecular weight is 356 g/mol. The number of hydrogen-bond acceptors (Lipinski definition) is 3. The van der Waals surface area contributed by atoms with Crippen LogP contribution >= 0.6 is 0 Å². The second-order valence-corrected chi connectivity index (χ2v) is 5.82. The molecule has 134 valence electrons. The fraction of sp³-hybridized carbons (Fsp3) is 0.375. The maximum Gasteiger partial charge on any atom is 0.432 e. The number of piperazine rings is 1. The number of amides is 1. The van der Waals surface area contributed by atoms with Crippen molar-refractivity contribution in [3.05, 3.63) is 53.1 Å². The lowest BCUT2D eigenvalue weighted by atomic mass is 10.2. The maximum atomic E-state index is 13.7. The Morgan fingerprint density at radius 1 is 1.16 bits per heavy atom. The lowest BCUT2D eigenvalue weighted by molar-refractivity contribution is -0.141. The first-order valence-corrected chi connectivity index (χ1v) is 7.72. The minimum absolute atomic E-state index is 0.255. The molecule has 1 saturated heterocycles. The van der Waals surface area contributed by atoms with Gasteiger partial charge < -0.3 is 4.90 Å². The summed E-state index contributed by atoms with van der Waals surface area (Å²) < 4.78 is 51.4. The standard InChI is InChI=1S/C16H16F4N4O/c17-12-4-2-1-3-11(12)10-23-5-7-24(8-6-23)15(25)13-9-14(22-21-13)16(18,19)20/h1-4,9H,5-8,10H2,(H,21,22). The molecule has 0 atom stereocenters. The minimum atomic E-state index is -4.57. The zero-order valence-corrected chi connectivity index (χ0v) is 13.2. The van der Waals surface area contributed by atoms with Crippen molar-refractivity contribution >= 4 is 5.91 Å². The third kappa shape index (κ3) is 3.98. The van der Waals surface area contributed by atoms with E-state index in [1.54, 1.807) is 18.2 Å². The monoisotopic (exact) mass is 356 g/mol. The molecule has 0 radical (unpaired) electrons. The number of aromatic nitrogens is 2. The van der Waals surface area contributed by atoms with Crippen molar-refractivity contribution in [1.29, 1.82) is 0 Å². The number of aromatic amines is 1. The number of carbonyl (C=O) groups is 1. The van der Waals surface area contributed by atoms with Gasteiger partial charge in [-0.3, -0.25) is 14.8 Å². The Bertz CT molecular complexity index is 751. The number of nitrogens with zero attached hydrogens (tertiary/aromatic N) is 3. The molecule has 1 amide bonds. The normalized spacial score (nSPS) is 16.2. The summed E-state index contributed by atoms with van der Waals surface area (Å²) in [4.78, 5) is 15.7. The largest absolute Gasteiger partial charge is 0.432 e. The Kier molecular flexibility index (Phi) is 4.76. The Balaban J connectivity index is 1.58. The summed E-state index contributed by atoms with van der Waals surface area (Å²) in [5.41, 5.74) is -0.728. The van der Waals surface area contributed by atoms with Crippen molar-refractivity contribution in [2.75, 3.05) is 26.2 Å². The fourth-order valence-corrected chi connectivity index (χ4v) is 2.72. The molecule has 0 bridgehead atoms. The first kappa shape index (κ1) is 17.4. The van der Waals surface area contributed by atoms with Gasteiger partial charge in [-0.15, -0.1) is 0 Å². The van der Waals surface area contributed by atoms with Gasteiger partial charge in [-0.25, -0.2) is 4.39 Å². The van der Waals surface area contributed by atoms with Crippen LogP contribution in [0.1, 0.15) is 21.7 Å². The highest BCUT2D eigenvalue weighted by Crippen LogP contribution is 2.28. The third-order valence-electron chi connectivity index (χ3n) is 4.11. The van der Waals surface area contributed by atoms with Crippen molar-refractivity contribution in [2.45, 2.75) is 12.7 Å². The van der Waals surface area contributed by atoms with E-state index in [2.05, 4.69) is 5.10 Å². The highest BCUT2D eigenvalue weighted by Gasteiger charge is 2.34. The van der Waals surface area contributed by atoms with E-state index in [1.165, 1.54) is 11.0 Å². The number of H-pyrrole nitrogens is 1. The summed E-state index contributed by atoms with van der Waals surface area (Å²) in [6.45, 7) is 2.14. The van der Waals surface area contributed by atoms with Crippen LogP contribution in [-0.4, -0.2) is 52.1 Å². The van der Waals surface area contributed by atoms with Crippen molar-refractivity contribution < 1.29 is 22.4 Å². The van der Waals surface area contributed by atoms with E-state index in [0.717, 1.165) is 0 Å². The summed E-state index contributed by atoms with van der Waals surface area (Å²) in [7, 11) is 0. The topological polar surface area (TPSA) is 52.2 Å². The van der Waals surface area contributed by atoms with E-state index in [1.807, 2.05) is 10.00 Å². The van der Waals surface area contributed by atoms with Gasteiger partial charge in [0.2, 0.25) is 0 Å². The van der Waals surface area contributed by atoms with Crippen LogP contribution < -0.4 is 0 Å². The van der Waals surface area contributed by atoms with E-state index < -0.39 is 17.8 Å². The molecule has 1 aromatic heterocycles. The van der Waals surface area contributed by atoms with Crippen LogP contribution in [0.4, 0.5) is 17.6 Å². The summed E-state index contributed by atoms with van der Waals surface area (Å²) in [6.07, 6.45) is -4.57. The second-order valence-electron chi connectivity index (χ2n) is 5.82. The molecule has 5 nitrogen and oxygen atoms in total. The number of hydrogen-bond donors (Lipinski definition) is 1. The zero-order chi connectivity index (χ0) is 18.0. The number of carbonyl (C=O) groups excluding carboxylic acids is 1. The molecule has 1 aliphatic rings. The number of benzene rings is 1. The van der Waals surface area contributed by atoms with Gasteiger partial charge in [0.05, 0.1) is 0 Å². The minimum Gasteiger partial charge on any atom is -0.335 e. The highest BCUT2D eigenvalue weighted by molar-refractivity contribution is 5.92. The van der Waals surface area contributed by atoms with Gasteiger partial charge >= 0.3 is 6.18 Å². The van der Waals surface area contributed by atoms with Gasteiger partial charge in [-0.05, 0) is 6.07 Å². The molecule has 2 heterocycles. The molecule has 3 rings (SSSR count). The van der Waals surface area contributed by atoms with Crippen molar-refractivity contribution in [1.82, 2.24) is 20.0 Å². The van der Waals surface area contributed by atoms with Gasteiger partial charge in [0.25, 0.3) is 5.91 Å². The maximum absolute atomic E-state index is 13.7. The van der Waals surface area contributed by atoms with Gasteiger partial charge in [-0.1, -0.05) is 18.2 Å². The summed E-state index contributed by atoms with van der Waals surface area (Å²) in [5.74, 6) is -0.825. The van der Waals surface area contributed by atoms with Gasteiger partial charge in [0, 0.05) is 44.4 Å². The van der Waals surface area contributed by atoms with Crippen LogP contribution in [0.2, 0.25) is 0 Å². The van der Waals surface area contributed by atoms with Crippen molar-refractivity contribution in [3.8, 4) is 0 Å². The van der Waals surface area contributed by atoms with Crippen LogP contribution in [0.25, 0.3) is 0 Å². The van der Waals surface area contributed by atoms with Crippen molar-refractivity contribution in [2.24, 2.45) is 0 Å². The SMILES string of the molecule is O=C(c1cc(C(F)(F)F)[nH]n1)N1CCN(Cc2ccccc2F)CC1. The summed E-state index contributed by atoms with van der Waals surface area (Å²) in [5, 5.41) is 5.30. The molecule has 9 heteroatoms. The van der Waals surface area contributed by atoms with Crippen LogP contribution in [0.5, 0.6) is 0 Å². The number of nitrogens with one attached hydrogen (secondary N) is 1. The Morgan fingerprint density at radius 2 is 1.84 bits per heavy atom. The predicted octanol–water partition coefficient (Wildman–Crippen LogP) is 2.53. The quantitative estimate of drug-likeness (QED) is 0.860. The van der Waals surface area contributed by atoms with E-state index >= 15 is 0 Å². The summed E-state index contributed by atoms with van der Waals surface area (Å²) >= 11 is 0. The molecular weight excluding hydrogens is 340 g/mol. The van der Waals surface area contributed by atoms with Crippen molar-refractivity contribution in [3.63, 3.8) is 0 Å².